The molecule has 1 aromatic heterocycles. The Morgan fingerprint density at radius 1 is 1.27 bits per heavy atom. The molecule has 4 heteroatoms. The van der Waals surface area contributed by atoms with E-state index in [2.05, 4.69) is 30.2 Å². The molecule has 0 saturated heterocycles. The second-order valence-electron chi connectivity index (χ2n) is 6.26. The highest BCUT2D eigenvalue weighted by Gasteiger charge is 2.33. The summed E-state index contributed by atoms with van der Waals surface area (Å²) in [7, 11) is 1.69. The third kappa shape index (κ3) is 3.22. The summed E-state index contributed by atoms with van der Waals surface area (Å²) in [5.74, 6) is 1.79. The van der Waals surface area contributed by atoms with Gasteiger partial charge < -0.3 is 14.8 Å². The summed E-state index contributed by atoms with van der Waals surface area (Å²) in [5, 5.41) is 3.64. The summed E-state index contributed by atoms with van der Waals surface area (Å²) < 4.78 is 11.4. The van der Waals surface area contributed by atoms with Crippen LogP contribution in [0.4, 0.5) is 0 Å². The number of hydrogen-bond acceptors (Lipinski definition) is 4. The van der Waals surface area contributed by atoms with Crippen molar-refractivity contribution in [2.75, 3.05) is 7.11 Å². The Hall–Kier alpha value is -2.07. The smallest absolute Gasteiger partial charge is 0.125 e. The van der Waals surface area contributed by atoms with Crippen LogP contribution in [-0.4, -0.2) is 17.7 Å². The third-order valence-electron chi connectivity index (χ3n) is 3.98. The molecule has 0 amide bonds. The lowest BCUT2D eigenvalue weighted by atomic mass is 9.89. The number of pyridine rings is 1. The zero-order chi connectivity index (χ0) is 15.6. The molecule has 0 aliphatic carbocycles. The van der Waals surface area contributed by atoms with Crippen LogP contribution in [0.3, 0.4) is 0 Å². The lowest BCUT2D eigenvalue weighted by Crippen LogP contribution is -2.39. The van der Waals surface area contributed by atoms with Crippen molar-refractivity contribution >= 4 is 0 Å². The van der Waals surface area contributed by atoms with E-state index in [0.717, 1.165) is 30.0 Å². The number of nitrogens with zero attached hydrogens (tertiary/aromatic N) is 1. The van der Waals surface area contributed by atoms with E-state index >= 15 is 0 Å². The van der Waals surface area contributed by atoms with Crippen LogP contribution >= 0.6 is 0 Å². The van der Waals surface area contributed by atoms with Gasteiger partial charge in [0.05, 0.1) is 7.11 Å². The minimum atomic E-state index is -0.183. The zero-order valence-electron chi connectivity index (χ0n) is 13.3. The van der Waals surface area contributed by atoms with Crippen molar-refractivity contribution in [1.29, 1.82) is 0 Å². The van der Waals surface area contributed by atoms with Crippen molar-refractivity contribution in [3.05, 3.63) is 53.9 Å². The minimum Gasteiger partial charge on any atom is -0.497 e. The fourth-order valence-corrected chi connectivity index (χ4v) is 2.88. The molecule has 2 aromatic rings. The van der Waals surface area contributed by atoms with Gasteiger partial charge in [-0.2, -0.15) is 0 Å². The lowest BCUT2D eigenvalue weighted by molar-refractivity contribution is 0.0655. The van der Waals surface area contributed by atoms with Crippen LogP contribution in [0, 0.1) is 0 Å². The second kappa shape index (κ2) is 5.97. The van der Waals surface area contributed by atoms with Crippen LogP contribution in [0.5, 0.6) is 11.5 Å². The van der Waals surface area contributed by atoms with Crippen LogP contribution < -0.4 is 14.8 Å². The van der Waals surface area contributed by atoms with E-state index in [-0.39, 0.29) is 11.6 Å². The number of rotatable bonds is 4. The molecule has 2 heterocycles. The number of aromatic nitrogens is 1. The fraction of sp³-hybridized carbons (Fsp3) is 0.389. The Labute approximate surface area is 131 Å². The molecule has 1 unspecified atom stereocenters. The quantitative estimate of drug-likeness (QED) is 0.938. The summed E-state index contributed by atoms with van der Waals surface area (Å²) in [4.78, 5) is 4.06. The molecule has 1 aromatic carbocycles. The number of benzene rings is 1. The van der Waals surface area contributed by atoms with Gasteiger partial charge in [-0.15, -0.1) is 0 Å². The van der Waals surface area contributed by atoms with Crippen molar-refractivity contribution in [3.8, 4) is 11.5 Å². The van der Waals surface area contributed by atoms with Gasteiger partial charge in [0.1, 0.15) is 17.1 Å². The molecule has 3 rings (SSSR count). The predicted molar refractivity (Wildman–Crippen MR) is 86.1 cm³/mol. The maximum atomic E-state index is 6.10. The molecule has 116 valence electrons. The highest BCUT2D eigenvalue weighted by atomic mass is 16.5. The minimum absolute atomic E-state index is 0.183. The van der Waals surface area contributed by atoms with Gasteiger partial charge in [0.25, 0.3) is 0 Å². The van der Waals surface area contributed by atoms with Crippen LogP contribution in [0.25, 0.3) is 0 Å². The first-order chi connectivity index (χ1) is 10.6. The molecule has 4 nitrogen and oxygen atoms in total. The predicted octanol–water partition coefficient (Wildman–Crippen LogP) is 3.48. The number of fused-ring (bicyclic) bond motifs is 1. The summed E-state index contributed by atoms with van der Waals surface area (Å²) in [6.07, 6.45) is 4.56. The van der Waals surface area contributed by atoms with Crippen molar-refractivity contribution in [3.63, 3.8) is 0 Å². The Kier molecular flexibility index (Phi) is 4.03. The SMILES string of the molecule is COc1ccc2c(c1)C(NCc1ccncc1)CC(C)(C)O2. The maximum Gasteiger partial charge on any atom is 0.125 e. The first kappa shape index (κ1) is 14.9. The maximum absolute atomic E-state index is 6.10. The number of methoxy groups -OCH3 is 1. The Morgan fingerprint density at radius 3 is 2.77 bits per heavy atom. The zero-order valence-corrected chi connectivity index (χ0v) is 13.3. The average Bonchev–Trinajstić information content (AvgIpc) is 2.52. The van der Waals surface area contributed by atoms with E-state index < -0.39 is 0 Å². The van der Waals surface area contributed by atoms with E-state index in [9.17, 15) is 0 Å². The van der Waals surface area contributed by atoms with Crippen LogP contribution in [0.2, 0.25) is 0 Å². The highest BCUT2D eigenvalue weighted by Crippen LogP contribution is 2.41. The van der Waals surface area contributed by atoms with Gasteiger partial charge in [0, 0.05) is 37.0 Å². The van der Waals surface area contributed by atoms with Crippen LogP contribution in [-0.2, 0) is 6.54 Å². The highest BCUT2D eigenvalue weighted by molar-refractivity contribution is 5.44. The topological polar surface area (TPSA) is 43.4 Å². The van der Waals surface area contributed by atoms with Crippen LogP contribution in [0.1, 0.15) is 37.4 Å². The molecule has 0 saturated carbocycles. The molecule has 22 heavy (non-hydrogen) atoms. The summed E-state index contributed by atoms with van der Waals surface area (Å²) >= 11 is 0. The molecule has 0 radical (unpaired) electrons. The molecule has 1 atom stereocenters. The van der Waals surface area contributed by atoms with E-state index in [1.54, 1.807) is 7.11 Å². The Balaban J connectivity index is 1.84. The molecular weight excluding hydrogens is 276 g/mol. The molecule has 1 aliphatic heterocycles. The fourth-order valence-electron chi connectivity index (χ4n) is 2.88. The van der Waals surface area contributed by atoms with Gasteiger partial charge in [0.15, 0.2) is 0 Å². The molecule has 1 aliphatic rings. The van der Waals surface area contributed by atoms with E-state index in [1.807, 2.05) is 36.7 Å². The summed E-state index contributed by atoms with van der Waals surface area (Å²) in [6, 6.07) is 10.3. The van der Waals surface area contributed by atoms with Crippen molar-refractivity contribution < 1.29 is 9.47 Å². The van der Waals surface area contributed by atoms with Crippen molar-refractivity contribution in [1.82, 2.24) is 10.3 Å². The van der Waals surface area contributed by atoms with E-state index in [4.69, 9.17) is 9.47 Å². The molecule has 0 fully saturated rings. The van der Waals surface area contributed by atoms with Crippen LogP contribution in [0.15, 0.2) is 42.7 Å². The number of ether oxygens (including phenoxy) is 2. The standard InChI is InChI=1S/C18H22N2O2/c1-18(2)11-16(20-12-13-6-8-19-9-7-13)15-10-14(21-3)4-5-17(15)22-18/h4-10,16,20H,11-12H2,1-3H3. The van der Waals surface area contributed by atoms with Gasteiger partial charge in [0.2, 0.25) is 0 Å². The van der Waals surface area contributed by atoms with Crippen molar-refractivity contribution in [2.24, 2.45) is 0 Å². The second-order valence-corrected chi connectivity index (χ2v) is 6.26. The van der Waals surface area contributed by atoms with Crippen molar-refractivity contribution in [2.45, 2.75) is 38.5 Å². The first-order valence-electron chi connectivity index (χ1n) is 7.57. The normalized spacial score (nSPS) is 19.1. The van der Waals surface area contributed by atoms with E-state index in [0.29, 0.717) is 0 Å². The average molecular weight is 298 g/mol. The largest absolute Gasteiger partial charge is 0.497 e. The number of nitrogens with one attached hydrogen (secondary N) is 1. The lowest BCUT2D eigenvalue weighted by Gasteiger charge is -2.38. The van der Waals surface area contributed by atoms with E-state index in [1.165, 1.54) is 5.56 Å². The summed E-state index contributed by atoms with van der Waals surface area (Å²) in [5.41, 5.74) is 2.20. The molecule has 0 spiro atoms. The number of hydrogen-bond donors (Lipinski definition) is 1. The molecule has 1 N–H and O–H groups in total. The summed E-state index contributed by atoms with van der Waals surface area (Å²) in [6.45, 7) is 5.06. The van der Waals surface area contributed by atoms with Gasteiger partial charge >= 0.3 is 0 Å². The molecule has 0 bridgehead atoms. The Bertz CT molecular complexity index is 641. The van der Waals surface area contributed by atoms with Gasteiger partial charge in [-0.25, -0.2) is 0 Å². The monoisotopic (exact) mass is 298 g/mol. The van der Waals surface area contributed by atoms with Gasteiger partial charge in [-0.05, 0) is 49.7 Å². The van der Waals surface area contributed by atoms with Gasteiger partial charge in [-0.3, -0.25) is 4.98 Å². The first-order valence-corrected chi connectivity index (χ1v) is 7.57. The Morgan fingerprint density at radius 2 is 2.05 bits per heavy atom. The third-order valence-corrected chi connectivity index (χ3v) is 3.98. The molecular formula is C18H22N2O2. The van der Waals surface area contributed by atoms with Gasteiger partial charge in [-0.1, -0.05) is 0 Å².